The van der Waals surface area contributed by atoms with Crippen LogP contribution >= 0.6 is 11.6 Å². The summed E-state index contributed by atoms with van der Waals surface area (Å²) in [5.74, 6) is 0. The van der Waals surface area contributed by atoms with Gasteiger partial charge in [-0.15, -0.1) is 0 Å². The largest absolute Gasteiger partial charge is 0.472 e. The molecule has 0 radical (unpaired) electrons. The van der Waals surface area contributed by atoms with Crippen LogP contribution in [0.25, 0.3) is 22.4 Å². The van der Waals surface area contributed by atoms with Crippen LogP contribution in [0.5, 0.6) is 0 Å². The van der Waals surface area contributed by atoms with E-state index < -0.39 is 0 Å². The van der Waals surface area contributed by atoms with Gasteiger partial charge in [-0.05, 0) is 17.7 Å². The number of nitrogens with zero attached hydrogens (tertiary/aromatic N) is 2. The maximum Gasteiger partial charge on any atom is 0.150 e. The van der Waals surface area contributed by atoms with Gasteiger partial charge < -0.3 is 4.42 Å². The molecule has 3 aromatic rings. The average molecular weight is 287 g/mol. The summed E-state index contributed by atoms with van der Waals surface area (Å²) in [6.07, 6.45) is 5.65. The molecule has 2 heterocycles. The van der Waals surface area contributed by atoms with Crippen LogP contribution in [0.15, 0.2) is 47.4 Å². The van der Waals surface area contributed by atoms with Crippen LogP contribution in [0.4, 0.5) is 0 Å². The van der Waals surface area contributed by atoms with Crippen molar-refractivity contribution in [3.05, 3.63) is 53.6 Å². The lowest BCUT2D eigenvalue weighted by Crippen LogP contribution is -1.96. The zero-order chi connectivity index (χ0) is 14.1. The lowest BCUT2D eigenvalue weighted by molar-refractivity contribution is 0.112. The fourth-order valence-electron chi connectivity index (χ4n) is 2.21. The van der Waals surface area contributed by atoms with Crippen LogP contribution in [0.2, 0.25) is 5.02 Å². The summed E-state index contributed by atoms with van der Waals surface area (Å²) in [5, 5.41) is 4.72. The molecule has 5 heteroatoms. The number of benzene rings is 1. The average Bonchev–Trinajstić information content (AvgIpc) is 3.09. The molecule has 0 spiro atoms. The van der Waals surface area contributed by atoms with Gasteiger partial charge in [0.25, 0.3) is 0 Å². The second-order valence-electron chi connectivity index (χ2n) is 4.40. The van der Waals surface area contributed by atoms with Crippen LogP contribution in [-0.2, 0) is 7.05 Å². The Hall–Kier alpha value is -2.33. The third-order valence-electron chi connectivity index (χ3n) is 3.16. The maximum atomic E-state index is 11.0. The highest BCUT2D eigenvalue weighted by Gasteiger charge is 2.15. The molecule has 0 amide bonds. The van der Waals surface area contributed by atoms with Crippen LogP contribution in [-0.4, -0.2) is 16.1 Å². The monoisotopic (exact) mass is 286 g/mol. The molecular weight excluding hydrogens is 276 g/mol. The first-order valence-electron chi connectivity index (χ1n) is 6.00. The van der Waals surface area contributed by atoms with E-state index in [0.717, 1.165) is 28.7 Å². The highest BCUT2D eigenvalue weighted by molar-refractivity contribution is 6.33. The smallest absolute Gasteiger partial charge is 0.150 e. The van der Waals surface area contributed by atoms with E-state index in [4.69, 9.17) is 16.0 Å². The standard InChI is InChI=1S/C15H11ClN2O2/c1-18-15(14(16)7-17-18)12-3-2-10(8-19)6-13(12)11-4-5-20-9-11/h2-9H,1H3. The SMILES string of the molecule is Cn1ncc(Cl)c1-c1ccc(C=O)cc1-c1ccoc1. The van der Waals surface area contributed by atoms with Crippen LogP contribution in [0.3, 0.4) is 0 Å². The summed E-state index contributed by atoms with van der Waals surface area (Å²) in [4.78, 5) is 11.0. The van der Waals surface area contributed by atoms with Gasteiger partial charge in [0.15, 0.2) is 0 Å². The molecule has 0 N–H and O–H groups in total. The number of aldehydes is 1. The number of rotatable bonds is 3. The van der Waals surface area contributed by atoms with Crippen LogP contribution < -0.4 is 0 Å². The second kappa shape index (κ2) is 4.98. The van der Waals surface area contributed by atoms with Crippen molar-refractivity contribution in [3.63, 3.8) is 0 Å². The number of carbonyl (C=O) groups is 1. The summed E-state index contributed by atoms with van der Waals surface area (Å²) in [7, 11) is 1.83. The third kappa shape index (κ3) is 2.04. The van der Waals surface area contributed by atoms with E-state index in [2.05, 4.69) is 5.10 Å². The molecule has 4 nitrogen and oxygen atoms in total. The quantitative estimate of drug-likeness (QED) is 0.688. The van der Waals surface area contributed by atoms with Crippen molar-refractivity contribution >= 4 is 17.9 Å². The molecule has 0 aliphatic rings. The van der Waals surface area contributed by atoms with E-state index in [1.807, 2.05) is 25.2 Å². The minimum Gasteiger partial charge on any atom is -0.472 e. The fourth-order valence-corrected chi connectivity index (χ4v) is 2.48. The summed E-state index contributed by atoms with van der Waals surface area (Å²) in [6, 6.07) is 7.29. The number of halogens is 1. The van der Waals surface area contributed by atoms with Gasteiger partial charge in [0.1, 0.15) is 6.29 Å². The number of hydrogen-bond donors (Lipinski definition) is 0. The molecule has 0 saturated heterocycles. The molecule has 0 aliphatic carbocycles. The van der Waals surface area contributed by atoms with E-state index >= 15 is 0 Å². The van der Waals surface area contributed by atoms with Gasteiger partial charge in [-0.25, -0.2) is 0 Å². The Labute approximate surface area is 120 Å². The third-order valence-corrected chi connectivity index (χ3v) is 3.44. The van der Waals surface area contributed by atoms with E-state index in [1.54, 1.807) is 29.5 Å². The maximum absolute atomic E-state index is 11.0. The minimum atomic E-state index is 0.566. The number of aryl methyl sites for hydroxylation is 1. The van der Waals surface area contributed by atoms with Crippen molar-refractivity contribution in [2.45, 2.75) is 0 Å². The van der Waals surface area contributed by atoms with Crippen LogP contribution in [0.1, 0.15) is 10.4 Å². The first-order valence-corrected chi connectivity index (χ1v) is 6.38. The topological polar surface area (TPSA) is 48.0 Å². The van der Waals surface area contributed by atoms with E-state index in [0.29, 0.717) is 10.6 Å². The molecule has 0 atom stereocenters. The number of carbonyl (C=O) groups excluding carboxylic acids is 1. The fraction of sp³-hybridized carbons (Fsp3) is 0.0667. The summed E-state index contributed by atoms with van der Waals surface area (Å²) >= 11 is 6.21. The zero-order valence-electron chi connectivity index (χ0n) is 10.7. The molecule has 20 heavy (non-hydrogen) atoms. The van der Waals surface area contributed by atoms with Crippen molar-refractivity contribution in [2.24, 2.45) is 7.05 Å². The number of aromatic nitrogens is 2. The zero-order valence-corrected chi connectivity index (χ0v) is 11.5. The Morgan fingerprint density at radius 3 is 2.75 bits per heavy atom. The molecule has 2 aromatic heterocycles. The van der Waals surface area contributed by atoms with E-state index in [9.17, 15) is 4.79 Å². The Morgan fingerprint density at radius 1 is 1.30 bits per heavy atom. The van der Waals surface area contributed by atoms with E-state index in [-0.39, 0.29) is 0 Å². The predicted molar refractivity (Wildman–Crippen MR) is 76.7 cm³/mol. The normalized spacial score (nSPS) is 10.7. The second-order valence-corrected chi connectivity index (χ2v) is 4.81. The van der Waals surface area contributed by atoms with Gasteiger partial charge in [-0.1, -0.05) is 23.7 Å². The van der Waals surface area contributed by atoms with Gasteiger partial charge in [0.05, 0.1) is 29.4 Å². The molecule has 0 saturated carbocycles. The highest BCUT2D eigenvalue weighted by atomic mass is 35.5. The first-order chi connectivity index (χ1) is 9.70. The summed E-state index contributed by atoms with van der Waals surface area (Å²) in [5.41, 5.74) is 4.08. The van der Waals surface area contributed by atoms with Gasteiger partial charge in [0, 0.05) is 23.7 Å². The number of furan rings is 1. The lowest BCUT2D eigenvalue weighted by Gasteiger charge is -2.10. The molecular formula is C15H11ClN2O2. The molecule has 0 bridgehead atoms. The molecule has 1 aromatic carbocycles. The van der Waals surface area contributed by atoms with E-state index in [1.165, 1.54) is 0 Å². The van der Waals surface area contributed by atoms with Crippen molar-refractivity contribution in [1.82, 2.24) is 9.78 Å². The Kier molecular flexibility index (Phi) is 3.16. The molecule has 0 unspecified atom stereocenters. The number of hydrogen-bond acceptors (Lipinski definition) is 3. The van der Waals surface area contributed by atoms with Gasteiger partial charge in [-0.3, -0.25) is 9.48 Å². The molecule has 3 rings (SSSR count). The van der Waals surface area contributed by atoms with Crippen molar-refractivity contribution in [2.75, 3.05) is 0 Å². The van der Waals surface area contributed by atoms with Gasteiger partial charge in [0.2, 0.25) is 0 Å². The molecule has 100 valence electrons. The molecule has 0 aliphatic heterocycles. The molecule has 0 fully saturated rings. The van der Waals surface area contributed by atoms with Crippen LogP contribution in [0, 0.1) is 0 Å². The lowest BCUT2D eigenvalue weighted by atomic mass is 9.97. The highest BCUT2D eigenvalue weighted by Crippen LogP contribution is 2.36. The first kappa shape index (κ1) is 12.7. The summed E-state index contributed by atoms with van der Waals surface area (Å²) in [6.45, 7) is 0. The van der Waals surface area contributed by atoms with Crippen molar-refractivity contribution in [3.8, 4) is 22.4 Å². The Morgan fingerprint density at radius 2 is 2.15 bits per heavy atom. The van der Waals surface area contributed by atoms with Gasteiger partial charge >= 0.3 is 0 Å². The minimum absolute atomic E-state index is 0.566. The Bertz CT molecular complexity index is 741. The van der Waals surface area contributed by atoms with Crippen molar-refractivity contribution < 1.29 is 9.21 Å². The summed E-state index contributed by atoms with van der Waals surface area (Å²) < 4.78 is 6.84. The predicted octanol–water partition coefficient (Wildman–Crippen LogP) is 3.81. The Balaban J connectivity index is 2.28. The van der Waals surface area contributed by atoms with Crippen molar-refractivity contribution in [1.29, 1.82) is 0 Å². The van der Waals surface area contributed by atoms with Gasteiger partial charge in [-0.2, -0.15) is 5.10 Å².